The Hall–Kier alpha value is -1.65. The molecule has 92 valence electrons. The van der Waals surface area contributed by atoms with Crippen LogP contribution in [-0.4, -0.2) is 30.5 Å². The summed E-state index contributed by atoms with van der Waals surface area (Å²) in [6.45, 7) is 5.10. The van der Waals surface area contributed by atoms with Crippen molar-refractivity contribution in [2.75, 3.05) is 19.6 Å². The summed E-state index contributed by atoms with van der Waals surface area (Å²) in [6, 6.07) is 3.91. The lowest BCUT2D eigenvalue weighted by Gasteiger charge is -2.18. The normalized spacial score (nSPS) is 15.0. The van der Waals surface area contributed by atoms with E-state index in [0.29, 0.717) is 12.1 Å². The molecule has 0 atom stereocenters. The Labute approximate surface area is 99.2 Å². The highest BCUT2D eigenvalue weighted by atomic mass is 19.2. The Balaban J connectivity index is 1.96. The summed E-state index contributed by atoms with van der Waals surface area (Å²) in [6.07, 6.45) is 0. The molecular formula is C12H15F2N3. The summed E-state index contributed by atoms with van der Waals surface area (Å²) >= 11 is 0. The van der Waals surface area contributed by atoms with Crippen molar-refractivity contribution in [3.63, 3.8) is 0 Å². The van der Waals surface area contributed by atoms with Crippen LogP contribution in [0.2, 0.25) is 0 Å². The number of aliphatic imine (C=N–C) groups is 1. The zero-order valence-corrected chi connectivity index (χ0v) is 9.71. The van der Waals surface area contributed by atoms with E-state index in [1.165, 1.54) is 6.07 Å². The van der Waals surface area contributed by atoms with Crippen LogP contribution in [0.5, 0.6) is 0 Å². The zero-order valence-electron chi connectivity index (χ0n) is 9.71. The van der Waals surface area contributed by atoms with Gasteiger partial charge in [-0.25, -0.2) is 8.78 Å². The first-order chi connectivity index (χ1) is 8.20. The molecule has 0 radical (unpaired) electrons. The summed E-state index contributed by atoms with van der Waals surface area (Å²) < 4.78 is 25.7. The molecule has 1 N–H and O–H groups in total. The fraction of sp³-hybridized carbons (Fsp3) is 0.417. The Morgan fingerprint density at radius 2 is 2.18 bits per heavy atom. The third-order valence-electron chi connectivity index (χ3n) is 2.75. The predicted octanol–water partition coefficient (Wildman–Crippen LogP) is 1.75. The van der Waals surface area contributed by atoms with E-state index in [0.717, 1.165) is 31.7 Å². The molecule has 1 aromatic carbocycles. The average Bonchev–Trinajstić information content (AvgIpc) is 2.78. The molecule has 0 aliphatic carbocycles. The molecule has 1 aliphatic heterocycles. The number of guanidine groups is 1. The molecule has 0 amide bonds. The number of rotatable bonds is 3. The van der Waals surface area contributed by atoms with Crippen LogP contribution < -0.4 is 5.32 Å². The average molecular weight is 239 g/mol. The first-order valence-corrected chi connectivity index (χ1v) is 5.68. The molecule has 0 spiro atoms. The van der Waals surface area contributed by atoms with Crippen LogP contribution >= 0.6 is 0 Å². The Bertz CT molecular complexity index is 432. The third-order valence-corrected chi connectivity index (χ3v) is 2.75. The molecule has 0 unspecified atom stereocenters. The molecule has 0 aromatic heterocycles. The summed E-state index contributed by atoms with van der Waals surface area (Å²) in [5.41, 5.74) is 0.703. The highest BCUT2D eigenvalue weighted by molar-refractivity contribution is 5.81. The molecule has 0 saturated heterocycles. The maximum atomic E-state index is 13.0. The summed E-state index contributed by atoms with van der Waals surface area (Å²) in [5.74, 6) is -0.801. The Morgan fingerprint density at radius 3 is 2.88 bits per heavy atom. The zero-order chi connectivity index (χ0) is 12.3. The van der Waals surface area contributed by atoms with Gasteiger partial charge in [-0.05, 0) is 24.6 Å². The lowest BCUT2D eigenvalue weighted by Crippen LogP contribution is -2.37. The summed E-state index contributed by atoms with van der Waals surface area (Å²) in [4.78, 5) is 6.42. The quantitative estimate of drug-likeness (QED) is 0.870. The minimum absolute atomic E-state index is 0.451. The molecule has 0 bridgehead atoms. The number of likely N-dealkylation sites (N-methyl/N-ethyl adjacent to an activating group) is 1. The van der Waals surface area contributed by atoms with Crippen LogP contribution in [0.15, 0.2) is 23.2 Å². The van der Waals surface area contributed by atoms with Crippen LogP contribution in [0, 0.1) is 11.6 Å². The van der Waals surface area contributed by atoms with E-state index in [1.54, 1.807) is 6.07 Å². The monoisotopic (exact) mass is 239 g/mol. The van der Waals surface area contributed by atoms with Gasteiger partial charge in [0.05, 0.1) is 6.54 Å². The fourth-order valence-corrected chi connectivity index (χ4v) is 1.79. The van der Waals surface area contributed by atoms with Crippen molar-refractivity contribution >= 4 is 5.96 Å². The van der Waals surface area contributed by atoms with Crippen molar-refractivity contribution in [1.82, 2.24) is 10.2 Å². The number of halogens is 2. The lowest BCUT2D eigenvalue weighted by molar-refractivity contribution is 0.466. The van der Waals surface area contributed by atoms with Crippen LogP contribution in [-0.2, 0) is 6.54 Å². The van der Waals surface area contributed by atoms with Crippen molar-refractivity contribution in [3.05, 3.63) is 35.4 Å². The van der Waals surface area contributed by atoms with Crippen molar-refractivity contribution in [1.29, 1.82) is 0 Å². The molecule has 3 nitrogen and oxygen atoms in total. The van der Waals surface area contributed by atoms with Gasteiger partial charge in [-0.1, -0.05) is 6.07 Å². The number of nitrogens with one attached hydrogen (secondary N) is 1. The van der Waals surface area contributed by atoms with E-state index < -0.39 is 11.6 Å². The topological polar surface area (TPSA) is 27.6 Å². The van der Waals surface area contributed by atoms with Crippen LogP contribution in [0.25, 0.3) is 0 Å². The molecule has 1 aromatic rings. The number of hydrogen-bond acceptors (Lipinski definition) is 3. The SMILES string of the molecule is CCN1CCN=C1NCc1ccc(F)c(F)c1. The standard InChI is InChI=1S/C12H15F2N3/c1-2-17-6-5-15-12(17)16-8-9-3-4-10(13)11(14)7-9/h3-4,7H,2,5-6,8H2,1H3,(H,15,16). The molecule has 17 heavy (non-hydrogen) atoms. The minimum Gasteiger partial charge on any atom is -0.352 e. The van der Waals surface area contributed by atoms with Gasteiger partial charge in [0, 0.05) is 19.6 Å². The van der Waals surface area contributed by atoms with Gasteiger partial charge in [0.1, 0.15) is 0 Å². The highest BCUT2D eigenvalue weighted by Gasteiger charge is 2.14. The fourth-order valence-electron chi connectivity index (χ4n) is 1.79. The van der Waals surface area contributed by atoms with E-state index in [-0.39, 0.29) is 0 Å². The maximum Gasteiger partial charge on any atom is 0.194 e. The number of nitrogens with zero attached hydrogens (tertiary/aromatic N) is 2. The van der Waals surface area contributed by atoms with Gasteiger partial charge in [0.2, 0.25) is 0 Å². The second kappa shape index (κ2) is 5.12. The summed E-state index contributed by atoms with van der Waals surface area (Å²) in [7, 11) is 0. The molecule has 0 saturated carbocycles. The van der Waals surface area contributed by atoms with Gasteiger partial charge in [0.15, 0.2) is 17.6 Å². The van der Waals surface area contributed by atoms with E-state index >= 15 is 0 Å². The van der Waals surface area contributed by atoms with E-state index in [2.05, 4.69) is 22.1 Å². The second-order valence-corrected chi connectivity index (χ2v) is 3.89. The van der Waals surface area contributed by atoms with Crippen LogP contribution in [0.4, 0.5) is 8.78 Å². The molecule has 1 aliphatic rings. The van der Waals surface area contributed by atoms with Crippen molar-refractivity contribution in [2.24, 2.45) is 4.99 Å². The molecular weight excluding hydrogens is 224 g/mol. The van der Waals surface area contributed by atoms with Crippen molar-refractivity contribution in [2.45, 2.75) is 13.5 Å². The molecule has 1 heterocycles. The van der Waals surface area contributed by atoms with E-state index in [1.807, 2.05) is 0 Å². The van der Waals surface area contributed by atoms with E-state index in [4.69, 9.17) is 0 Å². The van der Waals surface area contributed by atoms with Crippen LogP contribution in [0.1, 0.15) is 12.5 Å². The predicted molar refractivity (Wildman–Crippen MR) is 62.7 cm³/mol. The first kappa shape index (κ1) is 11.8. The van der Waals surface area contributed by atoms with Crippen LogP contribution in [0.3, 0.4) is 0 Å². The molecule has 2 rings (SSSR count). The van der Waals surface area contributed by atoms with E-state index in [9.17, 15) is 8.78 Å². The van der Waals surface area contributed by atoms with Gasteiger partial charge in [-0.15, -0.1) is 0 Å². The highest BCUT2D eigenvalue weighted by Crippen LogP contribution is 2.09. The summed E-state index contributed by atoms with van der Waals surface area (Å²) in [5, 5.41) is 3.13. The Morgan fingerprint density at radius 1 is 1.35 bits per heavy atom. The molecule has 5 heteroatoms. The largest absolute Gasteiger partial charge is 0.352 e. The number of benzene rings is 1. The first-order valence-electron chi connectivity index (χ1n) is 5.68. The lowest BCUT2D eigenvalue weighted by atomic mass is 10.2. The van der Waals surface area contributed by atoms with Gasteiger partial charge in [-0.3, -0.25) is 4.99 Å². The third kappa shape index (κ3) is 2.72. The maximum absolute atomic E-state index is 13.0. The van der Waals surface area contributed by atoms with Gasteiger partial charge in [-0.2, -0.15) is 0 Å². The van der Waals surface area contributed by atoms with Crippen molar-refractivity contribution < 1.29 is 8.78 Å². The smallest absolute Gasteiger partial charge is 0.194 e. The Kier molecular flexibility index (Phi) is 3.56. The van der Waals surface area contributed by atoms with Crippen molar-refractivity contribution in [3.8, 4) is 0 Å². The number of hydrogen-bond donors (Lipinski definition) is 1. The van der Waals surface area contributed by atoms with Gasteiger partial charge in [0.25, 0.3) is 0 Å². The second-order valence-electron chi connectivity index (χ2n) is 3.89. The van der Waals surface area contributed by atoms with Gasteiger partial charge >= 0.3 is 0 Å². The van der Waals surface area contributed by atoms with Gasteiger partial charge < -0.3 is 10.2 Å². The molecule has 0 fully saturated rings. The minimum atomic E-state index is -0.817.